The topological polar surface area (TPSA) is 69.6 Å². The molecule has 2 rings (SSSR count). The standard InChI is InChI=1S/C11H18N2O3/c14-10(5-8-6-12-7-8)13-4-2-1-3-9(13)11(15)16/h8-9,12H,1-7H2,(H,15,16). The molecule has 2 aliphatic heterocycles. The van der Waals surface area contributed by atoms with E-state index in [1.165, 1.54) is 0 Å². The Kier molecular flexibility index (Phi) is 3.43. The summed E-state index contributed by atoms with van der Waals surface area (Å²) < 4.78 is 0. The zero-order chi connectivity index (χ0) is 11.5. The second-order valence-corrected chi connectivity index (χ2v) is 4.67. The normalized spacial score (nSPS) is 26.2. The summed E-state index contributed by atoms with van der Waals surface area (Å²) >= 11 is 0. The van der Waals surface area contributed by atoms with E-state index in [2.05, 4.69) is 5.32 Å². The second kappa shape index (κ2) is 4.82. The van der Waals surface area contributed by atoms with Gasteiger partial charge in [-0.2, -0.15) is 0 Å². The van der Waals surface area contributed by atoms with Gasteiger partial charge in [-0.15, -0.1) is 0 Å². The van der Waals surface area contributed by atoms with Crippen molar-refractivity contribution in [3.05, 3.63) is 0 Å². The van der Waals surface area contributed by atoms with Gasteiger partial charge >= 0.3 is 5.97 Å². The van der Waals surface area contributed by atoms with E-state index in [1.54, 1.807) is 4.90 Å². The van der Waals surface area contributed by atoms with Crippen molar-refractivity contribution >= 4 is 11.9 Å². The van der Waals surface area contributed by atoms with Crippen molar-refractivity contribution in [1.82, 2.24) is 10.2 Å². The minimum Gasteiger partial charge on any atom is -0.480 e. The zero-order valence-electron chi connectivity index (χ0n) is 9.32. The summed E-state index contributed by atoms with van der Waals surface area (Å²) in [5.74, 6) is -0.442. The fraction of sp³-hybridized carbons (Fsp3) is 0.818. The van der Waals surface area contributed by atoms with E-state index < -0.39 is 12.0 Å². The molecule has 5 heteroatoms. The second-order valence-electron chi connectivity index (χ2n) is 4.67. The summed E-state index contributed by atoms with van der Waals surface area (Å²) in [4.78, 5) is 24.5. The van der Waals surface area contributed by atoms with Gasteiger partial charge in [-0.3, -0.25) is 4.79 Å². The number of aliphatic carboxylic acids is 1. The third kappa shape index (κ3) is 2.35. The number of carboxylic acids is 1. The predicted octanol–water partition coefficient (Wildman–Crippen LogP) is 0.0616. The molecule has 16 heavy (non-hydrogen) atoms. The summed E-state index contributed by atoms with van der Waals surface area (Å²) in [5, 5.41) is 12.2. The average molecular weight is 226 g/mol. The molecule has 0 aliphatic carbocycles. The highest BCUT2D eigenvalue weighted by Gasteiger charge is 2.33. The Hall–Kier alpha value is -1.10. The number of carbonyl (C=O) groups is 2. The first-order valence-corrected chi connectivity index (χ1v) is 5.91. The van der Waals surface area contributed by atoms with E-state index in [-0.39, 0.29) is 5.91 Å². The van der Waals surface area contributed by atoms with Crippen LogP contribution >= 0.6 is 0 Å². The van der Waals surface area contributed by atoms with Crippen LogP contribution in [0.15, 0.2) is 0 Å². The molecule has 5 nitrogen and oxygen atoms in total. The fourth-order valence-electron chi connectivity index (χ4n) is 2.34. The van der Waals surface area contributed by atoms with Gasteiger partial charge in [-0.1, -0.05) is 0 Å². The number of hydrogen-bond donors (Lipinski definition) is 2. The maximum absolute atomic E-state index is 12.0. The zero-order valence-corrected chi connectivity index (χ0v) is 9.32. The van der Waals surface area contributed by atoms with Gasteiger partial charge in [-0.05, 0) is 38.3 Å². The van der Waals surface area contributed by atoms with Gasteiger partial charge in [0.1, 0.15) is 6.04 Å². The van der Waals surface area contributed by atoms with Gasteiger partial charge in [0.25, 0.3) is 0 Å². The first-order valence-electron chi connectivity index (χ1n) is 5.91. The minimum absolute atomic E-state index is 0.0126. The lowest BCUT2D eigenvalue weighted by molar-refractivity contribution is -0.152. The lowest BCUT2D eigenvalue weighted by atomic mass is 9.96. The first kappa shape index (κ1) is 11.4. The highest BCUT2D eigenvalue weighted by atomic mass is 16.4. The Balaban J connectivity index is 1.93. The van der Waals surface area contributed by atoms with Crippen LogP contribution in [0, 0.1) is 5.92 Å². The molecule has 1 atom stereocenters. The molecule has 2 saturated heterocycles. The van der Waals surface area contributed by atoms with Crippen molar-refractivity contribution in [1.29, 1.82) is 0 Å². The molecule has 0 aromatic heterocycles. The van der Waals surface area contributed by atoms with Crippen LogP contribution in [-0.4, -0.2) is 47.6 Å². The van der Waals surface area contributed by atoms with Crippen molar-refractivity contribution in [2.75, 3.05) is 19.6 Å². The number of nitrogens with zero attached hydrogens (tertiary/aromatic N) is 1. The third-order valence-electron chi connectivity index (χ3n) is 3.44. The molecule has 0 aromatic rings. The van der Waals surface area contributed by atoms with Crippen molar-refractivity contribution in [3.63, 3.8) is 0 Å². The average Bonchev–Trinajstić information content (AvgIpc) is 2.23. The third-order valence-corrected chi connectivity index (χ3v) is 3.44. The van der Waals surface area contributed by atoms with E-state index >= 15 is 0 Å². The summed E-state index contributed by atoms with van der Waals surface area (Å²) in [6, 6.07) is -0.589. The molecule has 2 aliphatic rings. The van der Waals surface area contributed by atoms with Crippen LogP contribution in [0.25, 0.3) is 0 Å². The summed E-state index contributed by atoms with van der Waals surface area (Å²) in [5.41, 5.74) is 0. The fourth-order valence-corrected chi connectivity index (χ4v) is 2.34. The number of carbonyl (C=O) groups excluding carboxylic acids is 1. The Morgan fingerprint density at radius 3 is 2.62 bits per heavy atom. The van der Waals surface area contributed by atoms with E-state index in [4.69, 9.17) is 5.11 Å². The number of amides is 1. The SMILES string of the molecule is O=C(O)C1CCCCN1C(=O)CC1CNC1. The van der Waals surface area contributed by atoms with E-state index in [1.807, 2.05) is 0 Å². The van der Waals surface area contributed by atoms with Crippen molar-refractivity contribution < 1.29 is 14.7 Å². The van der Waals surface area contributed by atoms with Gasteiger partial charge in [0.15, 0.2) is 0 Å². The highest BCUT2D eigenvalue weighted by molar-refractivity contribution is 5.84. The largest absolute Gasteiger partial charge is 0.480 e. The quantitative estimate of drug-likeness (QED) is 0.714. The van der Waals surface area contributed by atoms with Gasteiger partial charge < -0.3 is 15.3 Å². The Bertz CT molecular complexity index is 289. The highest BCUT2D eigenvalue weighted by Crippen LogP contribution is 2.20. The van der Waals surface area contributed by atoms with Crippen LogP contribution in [0.2, 0.25) is 0 Å². The minimum atomic E-state index is -0.861. The summed E-state index contributed by atoms with van der Waals surface area (Å²) in [6.45, 7) is 2.38. The number of likely N-dealkylation sites (tertiary alicyclic amines) is 1. The van der Waals surface area contributed by atoms with E-state index in [9.17, 15) is 9.59 Å². The van der Waals surface area contributed by atoms with Crippen LogP contribution in [-0.2, 0) is 9.59 Å². The van der Waals surface area contributed by atoms with Crippen molar-refractivity contribution in [3.8, 4) is 0 Å². The molecular formula is C11H18N2O3. The van der Waals surface area contributed by atoms with Gasteiger partial charge in [-0.25, -0.2) is 4.79 Å². The smallest absolute Gasteiger partial charge is 0.326 e. The molecule has 90 valence electrons. The number of hydrogen-bond acceptors (Lipinski definition) is 3. The number of nitrogens with one attached hydrogen (secondary N) is 1. The molecule has 1 unspecified atom stereocenters. The Morgan fingerprint density at radius 1 is 1.31 bits per heavy atom. The first-order chi connectivity index (χ1) is 7.68. The molecular weight excluding hydrogens is 208 g/mol. The molecule has 0 bridgehead atoms. The predicted molar refractivity (Wildman–Crippen MR) is 58.0 cm³/mol. The van der Waals surface area contributed by atoms with Gasteiger partial charge in [0, 0.05) is 13.0 Å². The van der Waals surface area contributed by atoms with Crippen molar-refractivity contribution in [2.24, 2.45) is 5.92 Å². The summed E-state index contributed by atoms with van der Waals surface area (Å²) in [6.07, 6.45) is 2.94. The maximum Gasteiger partial charge on any atom is 0.326 e. The molecule has 0 radical (unpaired) electrons. The molecule has 0 spiro atoms. The molecule has 1 amide bonds. The van der Waals surface area contributed by atoms with Crippen molar-refractivity contribution in [2.45, 2.75) is 31.7 Å². The molecule has 0 aromatic carbocycles. The summed E-state index contributed by atoms with van der Waals surface area (Å²) in [7, 11) is 0. The number of carboxylic acid groups (broad SMARTS) is 1. The van der Waals surface area contributed by atoms with E-state index in [0.29, 0.717) is 25.3 Å². The number of piperidine rings is 1. The monoisotopic (exact) mass is 226 g/mol. The Morgan fingerprint density at radius 2 is 2.06 bits per heavy atom. The van der Waals surface area contributed by atoms with Crippen LogP contribution in [0.3, 0.4) is 0 Å². The van der Waals surface area contributed by atoms with Crippen LogP contribution in [0.1, 0.15) is 25.7 Å². The Labute approximate surface area is 94.8 Å². The maximum atomic E-state index is 12.0. The molecule has 2 heterocycles. The van der Waals surface area contributed by atoms with Crippen LogP contribution < -0.4 is 5.32 Å². The molecule has 2 N–H and O–H groups in total. The van der Waals surface area contributed by atoms with Crippen LogP contribution in [0.4, 0.5) is 0 Å². The van der Waals surface area contributed by atoms with Gasteiger partial charge in [0.05, 0.1) is 0 Å². The van der Waals surface area contributed by atoms with E-state index in [0.717, 1.165) is 25.9 Å². The van der Waals surface area contributed by atoms with Crippen LogP contribution in [0.5, 0.6) is 0 Å². The number of rotatable bonds is 3. The van der Waals surface area contributed by atoms with Gasteiger partial charge in [0.2, 0.25) is 5.91 Å². The molecule has 2 fully saturated rings. The molecule has 0 saturated carbocycles. The lowest BCUT2D eigenvalue weighted by Crippen LogP contribution is -2.51. The lowest BCUT2D eigenvalue weighted by Gasteiger charge is -2.35.